The zero-order chi connectivity index (χ0) is 25.4. The van der Waals surface area contributed by atoms with Gasteiger partial charge in [-0.25, -0.2) is 14.7 Å². The van der Waals surface area contributed by atoms with E-state index in [0.29, 0.717) is 17.2 Å². The third-order valence-corrected chi connectivity index (χ3v) is 7.11. The van der Waals surface area contributed by atoms with Gasteiger partial charge in [0.25, 0.3) is 11.8 Å². The lowest BCUT2D eigenvalue weighted by Crippen LogP contribution is -2.55. The van der Waals surface area contributed by atoms with E-state index in [-0.39, 0.29) is 17.9 Å². The molecule has 0 radical (unpaired) electrons. The Morgan fingerprint density at radius 3 is 2.47 bits per heavy atom. The normalized spacial score (nSPS) is 22.9. The van der Waals surface area contributed by atoms with Crippen LogP contribution in [0.25, 0.3) is 10.8 Å². The maximum absolute atomic E-state index is 13.6. The van der Waals surface area contributed by atoms with E-state index in [9.17, 15) is 32.8 Å². The number of pyridine rings is 1. The van der Waals surface area contributed by atoms with Crippen LogP contribution in [0.15, 0.2) is 54.7 Å². The van der Waals surface area contributed by atoms with Crippen molar-refractivity contribution in [2.75, 3.05) is 11.4 Å². The average molecular weight is 491 g/mol. The van der Waals surface area contributed by atoms with Gasteiger partial charge in [-0.3, -0.25) is 9.59 Å². The van der Waals surface area contributed by atoms with Crippen molar-refractivity contribution in [2.45, 2.75) is 30.7 Å². The Bertz CT molecular complexity index is 1510. The molecule has 3 aliphatic rings. The monoisotopic (exact) mass is 491 g/mol. The van der Waals surface area contributed by atoms with Gasteiger partial charge in [0.15, 0.2) is 0 Å². The second-order valence-electron chi connectivity index (χ2n) is 8.92. The first-order valence-electron chi connectivity index (χ1n) is 11.1. The molecule has 8 nitrogen and oxygen atoms in total. The fourth-order valence-electron chi connectivity index (χ4n) is 5.63. The number of imide groups is 1. The van der Waals surface area contributed by atoms with Crippen molar-refractivity contribution in [3.8, 4) is 6.07 Å². The molecule has 3 atom stereocenters. The summed E-state index contributed by atoms with van der Waals surface area (Å²) >= 11 is 0. The molecule has 180 valence electrons. The number of hydrogen-bond donors (Lipinski definition) is 0. The van der Waals surface area contributed by atoms with Gasteiger partial charge in [-0.2, -0.15) is 18.4 Å². The van der Waals surface area contributed by atoms with E-state index < -0.39 is 53.3 Å². The molecule has 1 aromatic heterocycles. The highest BCUT2D eigenvalue weighted by atomic mass is 19.4. The van der Waals surface area contributed by atoms with Crippen LogP contribution in [0.5, 0.6) is 0 Å². The summed E-state index contributed by atoms with van der Waals surface area (Å²) in [6.07, 6.45) is -3.11. The minimum Gasteiger partial charge on any atom is -0.331 e. The van der Waals surface area contributed by atoms with Crippen LogP contribution in [-0.4, -0.2) is 57.3 Å². The summed E-state index contributed by atoms with van der Waals surface area (Å²) in [5.74, 6) is -1.40. The SMILES string of the molecule is N#Cc1ncc(N2C(=O)[C@H]3C4CC(CN4C(=O)c4ccccc4C(F)(F)F)N3C2=O)c2ccccc12. The third kappa shape index (κ3) is 2.94. The van der Waals surface area contributed by atoms with E-state index in [4.69, 9.17) is 0 Å². The summed E-state index contributed by atoms with van der Waals surface area (Å²) in [6, 6.07) is 10.5. The molecule has 2 aromatic carbocycles. The van der Waals surface area contributed by atoms with Crippen molar-refractivity contribution in [3.63, 3.8) is 0 Å². The highest BCUT2D eigenvalue weighted by molar-refractivity contribution is 6.25. The van der Waals surface area contributed by atoms with Crippen LogP contribution < -0.4 is 4.90 Å². The number of piperazine rings is 1. The molecule has 2 bridgehead atoms. The summed E-state index contributed by atoms with van der Waals surface area (Å²) in [5, 5.41) is 10.3. The molecule has 2 unspecified atom stereocenters. The third-order valence-electron chi connectivity index (χ3n) is 7.11. The van der Waals surface area contributed by atoms with Gasteiger partial charge in [0.05, 0.1) is 35.1 Å². The van der Waals surface area contributed by atoms with Gasteiger partial charge in [-0.05, 0) is 18.6 Å². The first kappa shape index (κ1) is 22.0. The molecule has 4 amide bonds. The zero-order valence-electron chi connectivity index (χ0n) is 18.4. The number of benzene rings is 2. The van der Waals surface area contributed by atoms with Crippen LogP contribution in [0.1, 0.15) is 28.0 Å². The Morgan fingerprint density at radius 2 is 1.75 bits per heavy atom. The molecule has 3 fully saturated rings. The summed E-state index contributed by atoms with van der Waals surface area (Å²) < 4.78 is 40.6. The van der Waals surface area contributed by atoms with Crippen molar-refractivity contribution in [2.24, 2.45) is 0 Å². The van der Waals surface area contributed by atoms with E-state index in [1.807, 2.05) is 6.07 Å². The summed E-state index contributed by atoms with van der Waals surface area (Å²) in [5.41, 5.74) is -1.16. The van der Waals surface area contributed by atoms with Gasteiger partial charge in [0, 0.05) is 17.3 Å². The van der Waals surface area contributed by atoms with E-state index in [2.05, 4.69) is 4.98 Å². The Morgan fingerprint density at radius 1 is 1.06 bits per heavy atom. The number of carbonyl (C=O) groups is 3. The number of anilines is 1. The van der Waals surface area contributed by atoms with Gasteiger partial charge in [-0.15, -0.1) is 0 Å². The number of halogens is 3. The van der Waals surface area contributed by atoms with Crippen molar-refractivity contribution >= 4 is 34.3 Å². The molecule has 6 rings (SSSR count). The number of alkyl halides is 3. The van der Waals surface area contributed by atoms with E-state index in [0.717, 1.165) is 17.0 Å². The van der Waals surface area contributed by atoms with E-state index in [1.54, 1.807) is 24.3 Å². The number of fused-ring (bicyclic) bond motifs is 6. The lowest BCUT2D eigenvalue weighted by atomic mass is 10.0. The molecule has 0 saturated carbocycles. The minimum atomic E-state index is -4.71. The topological polar surface area (TPSA) is 97.6 Å². The van der Waals surface area contributed by atoms with Crippen molar-refractivity contribution in [1.29, 1.82) is 5.26 Å². The van der Waals surface area contributed by atoms with Gasteiger partial charge in [0.1, 0.15) is 17.8 Å². The zero-order valence-corrected chi connectivity index (χ0v) is 18.4. The van der Waals surface area contributed by atoms with Crippen LogP contribution >= 0.6 is 0 Å². The van der Waals surface area contributed by atoms with Crippen LogP contribution in [0.3, 0.4) is 0 Å². The minimum absolute atomic E-state index is 0.0332. The number of rotatable bonds is 2. The predicted octanol–water partition coefficient (Wildman–Crippen LogP) is 3.56. The second kappa shape index (κ2) is 7.52. The van der Waals surface area contributed by atoms with E-state index in [1.165, 1.54) is 28.1 Å². The smallest absolute Gasteiger partial charge is 0.331 e. The van der Waals surface area contributed by atoms with Crippen LogP contribution in [0.4, 0.5) is 23.7 Å². The molecule has 3 aliphatic heterocycles. The maximum atomic E-state index is 13.6. The molecule has 11 heteroatoms. The van der Waals surface area contributed by atoms with Gasteiger partial charge in [-0.1, -0.05) is 36.4 Å². The van der Waals surface area contributed by atoms with Gasteiger partial charge < -0.3 is 9.80 Å². The Labute approximate surface area is 202 Å². The number of aromatic nitrogens is 1. The number of nitrogens with zero attached hydrogens (tertiary/aromatic N) is 5. The van der Waals surface area contributed by atoms with Gasteiger partial charge >= 0.3 is 12.2 Å². The number of likely N-dealkylation sites (tertiary alicyclic amines) is 1. The summed E-state index contributed by atoms with van der Waals surface area (Å²) in [4.78, 5) is 48.0. The van der Waals surface area contributed by atoms with Gasteiger partial charge in [0.2, 0.25) is 0 Å². The molecule has 3 aromatic rings. The molecule has 0 aliphatic carbocycles. The highest BCUT2D eigenvalue weighted by Gasteiger charge is 2.63. The number of nitriles is 1. The fourth-order valence-corrected chi connectivity index (χ4v) is 5.63. The first-order valence-corrected chi connectivity index (χ1v) is 11.1. The number of urea groups is 1. The van der Waals surface area contributed by atoms with E-state index >= 15 is 0 Å². The fraction of sp³-hybridized carbons (Fsp3) is 0.240. The number of carbonyl (C=O) groups excluding carboxylic acids is 3. The molecule has 0 spiro atoms. The molecular weight excluding hydrogens is 475 g/mol. The largest absolute Gasteiger partial charge is 0.417 e. The maximum Gasteiger partial charge on any atom is 0.417 e. The lowest BCUT2D eigenvalue weighted by Gasteiger charge is -2.35. The van der Waals surface area contributed by atoms with Crippen LogP contribution in [-0.2, 0) is 11.0 Å². The summed E-state index contributed by atoms with van der Waals surface area (Å²) in [7, 11) is 0. The first-order chi connectivity index (χ1) is 17.2. The quantitative estimate of drug-likeness (QED) is 0.511. The van der Waals surface area contributed by atoms with Crippen molar-refractivity contribution in [3.05, 3.63) is 71.5 Å². The molecule has 36 heavy (non-hydrogen) atoms. The lowest BCUT2D eigenvalue weighted by molar-refractivity contribution is -0.138. The second-order valence-corrected chi connectivity index (χ2v) is 8.92. The highest BCUT2D eigenvalue weighted by Crippen LogP contribution is 2.44. The number of hydrogen-bond acceptors (Lipinski definition) is 5. The number of amides is 4. The molecule has 3 saturated heterocycles. The Hall–Kier alpha value is -4.46. The summed E-state index contributed by atoms with van der Waals surface area (Å²) in [6.45, 7) is 0.0332. The average Bonchev–Trinajstić information content (AvgIpc) is 3.54. The molecule has 0 N–H and O–H groups in total. The van der Waals surface area contributed by atoms with Crippen LogP contribution in [0, 0.1) is 11.3 Å². The molecular formula is C25H16F3N5O3. The van der Waals surface area contributed by atoms with Crippen molar-refractivity contribution < 1.29 is 27.6 Å². The van der Waals surface area contributed by atoms with Crippen LogP contribution in [0.2, 0.25) is 0 Å². The molecule has 4 heterocycles. The Kier molecular flexibility index (Phi) is 4.60. The predicted molar refractivity (Wildman–Crippen MR) is 120 cm³/mol. The Balaban J connectivity index is 1.36. The standard InChI is InChI=1S/C25H16F3N5O3/c26-25(27,28)17-8-4-3-7-16(17)22(34)31-12-13-9-19(31)21-23(35)33(24(36)32(13)21)20-11-30-18(10-29)14-5-1-2-6-15(14)20/h1-8,11,13,19,21H,9,12H2/t13?,19?,21-/m1/s1. The van der Waals surface area contributed by atoms with Crippen molar-refractivity contribution in [1.82, 2.24) is 14.8 Å².